The quantitative estimate of drug-likeness (QED) is 0.740. The highest BCUT2D eigenvalue weighted by Gasteiger charge is 2.06. The van der Waals surface area contributed by atoms with Crippen molar-refractivity contribution in [2.24, 2.45) is 0 Å². The number of hydrogen-bond acceptors (Lipinski definition) is 4. The van der Waals surface area contributed by atoms with Gasteiger partial charge in [-0.3, -0.25) is 9.78 Å². The minimum Gasteiger partial charge on any atom is -0.383 e. The van der Waals surface area contributed by atoms with Gasteiger partial charge in [0.25, 0.3) is 5.56 Å². The summed E-state index contributed by atoms with van der Waals surface area (Å²) < 4.78 is 6.80. The highest BCUT2D eigenvalue weighted by molar-refractivity contribution is 5.75. The zero-order valence-electron chi connectivity index (χ0n) is 8.36. The first kappa shape index (κ1) is 9.72. The van der Waals surface area contributed by atoms with Gasteiger partial charge >= 0.3 is 0 Å². The molecule has 3 N–H and O–H groups in total. The van der Waals surface area contributed by atoms with Crippen molar-refractivity contribution in [1.29, 1.82) is 0 Å². The molecule has 2 rings (SSSR count). The monoisotopic (exact) mass is 208 g/mol. The van der Waals surface area contributed by atoms with Crippen molar-refractivity contribution in [3.8, 4) is 0 Å². The van der Waals surface area contributed by atoms with Gasteiger partial charge in [-0.05, 0) is 6.07 Å². The highest BCUT2D eigenvalue weighted by Crippen LogP contribution is 2.09. The number of anilines is 1. The standard InChI is InChI=1S/C9H12N4O2/c1-15-5-4-13-3-2-6-7(13)11-9(10)12-8(6)14/h2-3H,4-5H2,1H3,(H3,10,11,12,14). The third kappa shape index (κ3) is 1.71. The lowest BCUT2D eigenvalue weighted by molar-refractivity contribution is 0.188. The molecule has 0 fully saturated rings. The zero-order valence-corrected chi connectivity index (χ0v) is 8.36. The number of aromatic amines is 1. The molecule has 6 nitrogen and oxygen atoms in total. The van der Waals surface area contributed by atoms with E-state index in [0.29, 0.717) is 24.2 Å². The summed E-state index contributed by atoms with van der Waals surface area (Å²) in [6, 6.07) is 1.72. The highest BCUT2D eigenvalue weighted by atomic mass is 16.5. The number of nitrogen functional groups attached to an aromatic ring is 1. The summed E-state index contributed by atoms with van der Waals surface area (Å²) in [5.41, 5.74) is 5.85. The van der Waals surface area contributed by atoms with E-state index in [1.54, 1.807) is 19.4 Å². The molecule has 0 bridgehead atoms. The van der Waals surface area contributed by atoms with Crippen molar-refractivity contribution in [3.63, 3.8) is 0 Å². The lowest BCUT2D eigenvalue weighted by Gasteiger charge is -2.03. The van der Waals surface area contributed by atoms with Crippen LogP contribution in [0.4, 0.5) is 5.95 Å². The molecule has 0 radical (unpaired) electrons. The second-order valence-corrected chi connectivity index (χ2v) is 3.19. The molecular weight excluding hydrogens is 196 g/mol. The average Bonchev–Trinajstić information content (AvgIpc) is 2.58. The normalized spacial score (nSPS) is 11.0. The molecule has 0 aliphatic heterocycles. The molecule has 0 spiro atoms. The largest absolute Gasteiger partial charge is 0.383 e. The zero-order chi connectivity index (χ0) is 10.8. The molecule has 0 aromatic carbocycles. The van der Waals surface area contributed by atoms with E-state index in [9.17, 15) is 4.79 Å². The summed E-state index contributed by atoms with van der Waals surface area (Å²) in [6.07, 6.45) is 1.80. The van der Waals surface area contributed by atoms with Gasteiger partial charge in [-0.25, -0.2) is 0 Å². The van der Waals surface area contributed by atoms with E-state index in [-0.39, 0.29) is 11.5 Å². The Labute approximate surface area is 85.7 Å². The summed E-state index contributed by atoms with van der Waals surface area (Å²) in [5, 5.41) is 0.542. The van der Waals surface area contributed by atoms with Gasteiger partial charge in [0.1, 0.15) is 5.65 Å². The topological polar surface area (TPSA) is 85.9 Å². The number of nitrogens with one attached hydrogen (secondary N) is 1. The Balaban J connectivity index is 2.53. The third-order valence-corrected chi connectivity index (χ3v) is 2.18. The molecule has 0 amide bonds. The second kappa shape index (κ2) is 3.74. The van der Waals surface area contributed by atoms with Crippen LogP contribution in [-0.2, 0) is 11.3 Å². The Morgan fingerprint density at radius 1 is 1.67 bits per heavy atom. The van der Waals surface area contributed by atoms with Crippen molar-refractivity contribution in [2.45, 2.75) is 6.54 Å². The summed E-state index contributed by atoms with van der Waals surface area (Å²) in [4.78, 5) is 18.0. The molecule has 0 saturated heterocycles. The van der Waals surface area contributed by atoms with Gasteiger partial charge in [0, 0.05) is 19.9 Å². The Morgan fingerprint density at radius 2 is 2.47 bits per heavy atom. The Hall–Kier alpha value is -1.82. The second-order valence-electron chi connectivity index (χ2n) is 3.19. The van der Waals surface area contributed by atoms with E-state index in [1.807, 2.05) is 4.57 Å². The number of nitrogens with zero attached hydrogens (tertiary/aromatic N) is 2. The van der Waals surface area contributed by atoms with Gasteiger partial charge in [-0.15, -0.1) is 0 Å². The van der Waals surface area contributed by atoms with Gasteiger partial charge in [-0.2, -0.15) is 4.98 Å². The molecule has 0 unspecified atom stereocenters. The number of methoxy groups -OCH3 is 1. The SMILES string of the molecule is COCCn1ccc2c(=O)[nH]c(N)nc21. The van der Waals surface area contributed by atoms with Gasteiger partial charge in [-0.1, -0.05) is 0 Å². The number of fused-ring (bicyclic) bond motifs is 1. The number of ether oxygens (including phenoxy) is 1. The summed E-state index contributed by atoms with van der Waals surface area (Å²) >= 11 is 0. The van der Waals surface area contributed by atoms with Gasteiger partial charge < -0.3 is 15.0 Å². The van der Waals surface area contributed by atoms with Crippen LogP contribution in [0.3, 0.4) is 0 Å². The predicted octanol–water partition coefficient (Wildman–Crippen LogP) is -0.0468. The number of nitrogens with two attached hydrogens (primary N) is 1. The number of rotatable bonds is 3. The van der Waals surface area contributed by atoms with E-state index in [1.165, 1.54) is 0 Å². The van der Waals surface area contributed by atoms with Gasteiger partial charge in [0.15, 0.2) is 0 Å². The average molecular weight is 208 g/mol. The van der Waals surface area contributed by atoms with E-state index >= 15 is 0 Å². The van der Waals surface area contributed by atoms with Crippen LogP contribution in [0.5, 0.6) is 0 Å². The van der Waals surface area contributed by atoms with Crippen molar-refractivity contribution >= 4 is 17.0 Å². The fraction of sp³-hybridized carbons (Fsp3) is 0.333. The summed E-state index contributed by atoms with van der Waals surface area (Å²) in [6.45, 7) is 1.22. The minimum absolute atomic E-state index is 0.130. The fourth-order valence-corrected chi connectivity index (χ4v) is 1.46. The predicted molar refractivity (Wildman–Crippen MR) is 56.6 cm³/mol. The lowest BCUT2D eigenvalue weighted by Crippen LogP contribution is -2.12. The third-order valence-electron chi connectivity index (χ3n) is 2.18. The van der Waals surface area contributed by atoms with E-state index in [0.717, 1.165) is 0 Å². The molecule has 80 valence electrons. The first-order valence-electron chi connectivity index (χ1n) is 4.56. The van der Waals surface area contributed by atoms with Crippen molar-refractivity contribution in [3.05, 3.63) is 22.6 Å². The molecule has 0 saturated carbocycles. The van der Waals surface area contributed by atoms with Crippen LogP contribution >= 0.6 is 0 Å². The van der Waals surface area contributed by atoms with E-state index in [4.69, 9.17) is 10.5 Å². The lowest BCUT2D eigenvalue weighted by atomic mass is 10.4. The van der Waals surface area contributed by atoms with Crippen LogP contribution in [0.2, 0.25) is 0 Å². The van der Waals surface area contributed by atoms with Crippen LogP contribution in [0, 0.1) is 0 Å². The summed E-state index contributed by atoms with van der Waals surface area (Å²) in [5.74, 6) is 0.130. The Bertz CT molecular complexity index is 528. The molecule has 2 aromatic heterocycles. The minimum atomic E-state index is -0.214. The molecule has 2 aromatic rings. The van der Waals surface area contributed by atoms with Crippen LogP contribution in [0.1, 0.15) is 0 Å². The van der Waals surface area contributed by atoms with Crippen molar-refractivity contribution in [1.82, 2.24) is 14.5 Å². The van der Waals surface area contributed by atoms with Crippen LogP contribution in [-0.4, -0.2) is 28.3 Å². The molecule has 0 atom stereocenters. The summed E-state index contributed by atoms with van der Waals surface area (Å²) in [7, 11) is 1.63. The number of hydrogen-bond donors (Lipinski definition) is 2. The first-order chi connectivity index (χ1) is 7.22. The van der Waals surface area contributed by atoms with E-state index < -0.39 is 0 Å². The fourth-order valence-electron chi connectivity index (χ4n) is 1.46. The molecule has 0 aliphatic rings. The Morgan fingerprint density at radius 3 is 3.20 bits per heavy atom. The maximum Gasteiger partial charge on any atom is 0.261 e. The maximum absolute atomic E-state index is 11.5. The van der Waals surface area contributed by atoms with Crippen LogP contribution < -0.4 is 11.3 Å². The first-order valence-corrected chi connectivity index (χ1v) is 4.56. The van der Waals surface area contributed by atoms with E-state index in [2.05, 4.69) is 9.97 Å². The molecule has 2 heterocycles. The van der Waals surface area contributed by atoms with Crippen molar-refractivity contribution in [2.75, 3.05) is 19.5 Å². The number of aromatic nitrogens is 3. The van der Waals surface area contributed by atoms with Crippen LogP contribution in [0.25, 0.3) is 11.0 Å². The molecular formula is C9H12N4O2. The van der Waals surface area contributed by atoms with Gasteiger partial charge in [0.05, 0.1) is 12.0 Å². The van der Waals surface area contributed by atoms with Crippen molar-refractivity contribution < 1.29 is 4.74 Å². The van der Waals surface area contributed by atoms with Crippen LogP contribution in [0.15, 0.2) is 17.1 Å². The maximum atomic E-state index is 11.5. The smallest absolute Gasteiger partial charge is 0.261 e. The Kier molecular flexibility index (Phi) is 2.42. The molecule has 15 heavy (non-hydrogen) atoms. The molecule has 0 aliphatic carbocycles. The number of H-pyrrole nitrogens is 1. The molecule has 6 heteroatoms. The van der Waals surface area contributed by atoms with Gasteiger partial charge in [0.2, 0.25) is 5.95 Å².